The summed E-state index contributed by atoms with van der Waals surface area (Å²) in [7, 11) is 0. The Bertz CT molecular complexity index is 1320. The van der Waals surface area contributed by atoms with E-state index in [-0.39, 0.29) is 18.7 Å². The van der Waals surface area contributed by atoms with Crippen molar-refractivity contribution in [2.45, 2.75) is 6.04 Å². The van der Waals surface area contributed by atoms with Crippen molar-refractivity contribution in [2.75, 3.05) is 36.5 Å². The van der Waals surface area contributed by atoms with Gasteiger partial charge in [-0.3, -0.25) is 5.32 Å². The number of nitrogens with zero attached hydrogens (tertiary/aromatic N) is 4. The van der Waals surface area contributed by atoms with Crippen molar-refractivity contribution in [3.63, 3.8) is 0 Å². The highest BCUT2D eigenvalue weighted by molar-refractivity contribution is 7.17. The Morgan fingerprint density at radius 3 is 2.82 bits per heavy atom. The number of carbonyl (C=O) groups excluding carboxylic acids is 1. The number of nitrogens with one attached hydrogen (secondary N) is 1. The average molecular weight is 476 g/mol. The fraction of sp³-hybridized carbons (Fsp3) is 0.208. The number of fused-ring (bicyclic) bond motifs is 1. The van der Waals surface area contributed by atoms with Crippen LogP contribution in [-0.4, -0.2) is 58.3 Å². The van der Waals surface area contributed by atoms with Crippen molar-refractivity contribution < 1.29 is 9.90 Å². The molecular weight excluding hydrogens is 454 g/mol. The zero-order chi connectivity index (χ0) is 22.8. The highest BCUT2D eigenvalue weighted by Crippen LogP contribution is 2.32. The molecule has 2 N–H and O–H groups in total. The van der Waals surface area contributed by atoms with Crippen LogP contribution in [0, 0.1) is 12.3 Å². The van der Waals surface area contributed by atoms with Gasteiger partial charge in [-0.2, -0.15) is 0 Å². The highest BCUT2D eigenvalue weighted by Gasteiger charge is 2.29. The SMILES string of the molecule is C#Cc1nc(NC(=O)N2CCN(c3ccc(-c4cccc5ncsc45)cc3)[C@@H](CO)C2)cs1. The molecule has 3 heterocycles. The largest absolute Gasteiger partial charge is 0.394 e. The van der Waals surface area contributed by atoms with E-state index in [1.165, 1.54) is 16.0 Å². The van der Waals surface area contributed by atoms with Crippen LogP contribution in [0.3, 0.4) is 0 Å². The summed E-state index contributed by atoms with van der Waals surface area (Å²) in [6.07, 6.45) is 5.34. The fourth-order valence-electron chi connectivity index (χ4n) is 4.07. The van der Waals surface area contributed by atoms with E-state index in [4.69, 9.17) is 6.42 Å². The minimum Gasteiger partial charge on any atom is -0.394 e. The number of terminal acetylenes is 1. The van der Waals surface area contributed by atoms with Gasteiger partial charge in [0.05, 0.1) is 28.4 Å². The van der Waals surface area contributed by atoms with Crippen molar-refractivity contribution in [2.24, 2.45) is 0 Å². The van der Waals surface area contributed by atoms with Crippen molar-refractivity contribution in [3.8, 4) is 23.5 Å². The minimum absolute atomic E-state index is 0.0519. The number of aromatic nitrogens is 2. The fourth-order valence-corrected chi connectivity index (χ4v) is 5.45. The Morgan fingerprint density at radius 1 is 1.21 bits per heavy atom. The average Bonchev–Trinajstić information content (AvgIpc) is 3.53. The van der Waals surface area contributed by atoms with Gasteiger partial charge in [0.2, 0.25) is 0 Å². The number of amides is 2. The lowest BCUT2D eigenvalue weighted by atomic mass is 10.0. The lowest BCUT2D eigenvalue weighted by Crippen LogP contribution is -2.57. The van der Waals surface area contributed by atoms with E-state index in [0.717, 1.165) is 22.3 Å². The van der Waals surface area contributed by atoms with Crippen LogP contribution in [0.25, 0.3) is 21.3 Å². The number of carbonyl (C=O) groups is 1. The van der Waals surface area contributed by atoms with Crippen LogP contribution in [0.4, 0.5) is 16.3 Å². The molecule has 1 aliphatic rings. The maximum atomic E-state index is 12.7. The number of hydrogen-bond acceptors (Lipinski definition) is 7. The molecule has 1 fully saturated rings. The number of hydrogen-bond donors (Lipinski definition) is 2. The topological polar surface area (TPSA) is 81.6 Å². The Balaban J connectivity index is 1.29. The lowest BCUT2D eigenvalue weighted by Gasteiger charge is -2.42. The molecule has 0 spiro atoms. The van der Waals surface area contributed by atoms with E-state index < -0.39 is 0 Å². The summed E-state index contributed by atoms with van der Waals surface area (Å²) in [4.78, 5) is 25.1. The quantitative estimate of drug-likeness (QED) is 0.434. The molecule has 2 amide bonds. The molecule has 4 aromatic rings. The van der Waals surface area contributed by atoms with Crippen molar-refractivity contribution in [1.82, 2.24) is 14.9 Å². The predicted molar refractivity (Wildman–Crippen MR) is 134 cm³/mol. The number of thiazole rings is 2. The molecule has 1 saturated heterocycles. The summed E-state index contributed by atoms with van der Waals surface area (Å²) in [5, 5.41) is 15.1. The van der Waals surface area contributed by atoms with Gasteiger partial charge in [0.15, 0.2) is 5.01 Å². The molecular formula is C24H21N5O2S2. The highest BCUT2D eigenvalue weighted by atomic mass is 32.1. The van der Waals surface area contributed by atoms with Gasteiger partial charge in [0.25, 0.3) is 0 Å². The lowest BCUT2D eigenvalue weighted by molar-refractivity contribution is 0.174. The molecule has 2 aromatic carbocycles. The Labute approximate surface area is 199 Å². The molecule has 0 unspecified atom stereocenters. The molecule has 33 heavy (non-hydrogen) atoms. The summed E-state index contributed by atoms with van der Waals surface area (Å²) in [6.45, 7) is 1.52. The van der Waals surface area contributed by atoms with Crippen molar-refractivity contribution >= 4 is 50.4 Å². The molecule has 0 bridgehead atoms. The summed E-state index contributed by atoms with van der Waals surface area (Å²) in [5.74, 6) is 2.91. The van der Waals surface area contributed by atoms with Gasteiger partial charge in [-0.05, 0) is 29.7 Å². The summed E-state index contributed by atoms with van der Waals surface area (Å²) in [6, 6.07) is 14.1. The predicted octanol–water partition coefficient (Wildman–Crippen LogP) is 4.12. The van der Waals surface area contributed by atoms with Crippen LogP contribution in [0.1, 0.15) is 5.01 Å². The third-order valence-corrected chi connectivity index (χ3v) is 7.36. The first-order valence-electron chi connectivity index (χ1n) is 10.4. The van der Waals surface area contributed by atoms with Gasteiger partial charge in [-0.25, -0.2) is 14.8 Å². The van der Waals surface area contributed by atoms with E-state index in [1.807, 2.05) is 17.6 Å². The van der Waals surface area contributed by atoms with Gasteiger partial charge < -0.3 is 14.9 Å². The number of rotatable bonds is 4. The maximum absolute atomic E-state index is 12.7. The minimum atomic E-state index is -0.241. The first kappa shape index (κ1) is 21.4. The summed E-state index contributed by atoms with van der Waals surface area (Å²) >= 11 is 2.95. The number of benzene rings is 2. The molecule has 9 heteroatoms. The van der Waals surface area contributed by atoms with Crippen LogP contribution < -0.4 is 10.2 Å². The van der Waals surface area contributed by atoms with Crippen molar-refractivity contribution in [1.29, 1.82) is 0 Å². The van der Waals surface area contributed by atoms with E-state index in [9.17, 15) is 9.90 Å². The third-order valence-electron chi connectivity index (χ3n) is 5.71. The van der Waals surface area contributed by atoms with Crippen LogP contribution >= 0.6 is 22.7 Å². The van der Waals surface area contributed by atoms with Gasteiger partial charge in [-0.15, -0.1) is 29.1 Å². The molecule has 0 aliphatic carbocycles. The number of aliphatic hydroxyl groups excluding tert-OH is 1. The molecule has 2 aromatic heterocycles. The van der Waals surface area contributed by atoms with Crippen LogP contribution in [0.2, 0.25) is 0 Å². The molecule has 166 valence electrons. The summed E-state index contributed by atoms with van der Waals surface area (Å²) < 4.78 is 1.17. The number of aliphatic hydroxyl groups is 1. The van der Waals surface area contributed by atoms with E-state index in [2.05, 4.69) is 56.4 Å². The van der Waals surface area contributed by atoms with Gasteiger partial charge in [-0.1, -0.05) is 24.3 Å². The molecule has 0 saturated carbocycles. The molecule has 5 rings (SSSR count). The monoisotopic (exact) mass is 475 g/mol. The van der Waals surface area contributed by atoms with Crippen molar-refractivity contribution in [3.05, 3.63) is 58.4 Å². The van der Waals surface area contributed by atoms with E-state index >= 15 is 0 Å². The number of urea groups is 1. The Hall–Kier alpha value is -3.45. The standard InChI is InChI=1S/C24H21N5O2S2/c1-2-22-26-21(14-32-22)27-24(31)28-10-11-29(18(12-28)13-30)17-8-6-16(7-9-17)19-4-3-5-20-23(19)33-15-25-20/h1,3-9,14-15,18,30H,10-13H2,(H,27,31)/t18-/m1/s1. The Morgan fingerprint density at radius 2 is 2.06 bits per heavy atom. The smallest absolute Gasteiger partial charge is 0.323 e. The normalized spacial score (nSPS) is 16.1. The maximum Gasteiger partial charge on any atom is 0.323 e. The van der Waals surface area contributed by atoms with Crippen LogP contribution in [-0.2, 0) is 0 Å². The van der Waals surface area contributed by atoms with Gasteiger partial charge in [0, 0.05) is 36.3 Å². The van der Waals surface area contributed by atoms with E-state index in [1.54, 1.807) is 21.6 Å². The molecule has 7 nitrogen and oxygen atoms in total. The van der Waals surface area contributed by atoms with Crippen LogP contribution in [0.5, 0.6) is 0 Å². The second-order valence-corrected chi connectivity index (χ2v) is 9.35. The number of piperazine rings is 1. The molecule has 0 radical (unpaired) electrons. The van der Waals surface area contributed by atoms with Crippen LogP contribution in [0.15, 0.2) is 53.4 Å². The summed E-state index contributed by atoms with van der Waals surface area (Å²) in [5.41, 5.74) is 6.18. The number of anilines is 2. The zero-order valence-corrected chi connectivity index (χ0v) is 19.3. The first-order valence-corrected chi connectivity index (χ1v) is 12.2. The van der Waals surface area contributed by atoms with Gasteiger partial charge in [0.1, 0.15) is 5.82 Å². The third kappa shape index (κ3) is 4.28. The second kappa shape index (κ2) is 9.19. The molecule has 1 aliphatic heterocycles. The first-order chi connectivity index (χ1) is 16.2. The zero-order valence-electron chi connectivity index (χ0n) is 17.6. The molecule has 1 atom stereocenters. The van der Waals surface area contributed by atoms with Gasteiger partial charge >= 0.3 is 6.03 Å². The Kier molecular flexibility index (Phi) is 5.96. The van der Waals surface area contributed by atoms with E-state index in [0.29, 0.717) is 30.5 Å². The second-order valence-electron chi connectivity index (χ2n) is 7.64.